The van der Waals surface area contributed by atoms with Gasteiger partial charge in [0, 0.05) is 20.3 Å². The first-order valence-corrected chi connectivity index (χ1v) is 5.13. The van der Waals surface area contributed by atoms with Gasteiger partial charge in [0.25, 0.3) is 5.91 Å². The SMILES string of the molecule is Cc1nn(C)cc1C(=O)N(C)C(C)C(N)=NO. The van der Waals surface area contributed by atoms with Gasteiger partial charge >= 0.3 is 0 Å². The Kier molecular flexibility index (Phi) is 3.72. The van der Waals surface area contributed by atoms with Gasteiger partial charge in [-0.2, -0.15) is 5.10 Å². The van der Waals surface area contributed by atoms with Crippen LogP contribution in [0.1, 0.15) is 23.0 Å². The average Bonchev–Trinajstić information content (AvgIpc) is 2.64. The fraction of sp³-hybridized carbons (Fsp3) is 0.500. The highest BCUT2D eigenvalue weighted by atomic mass is 16.4. The summed E-state index contributed by atoms with van der Waals surface area (Å²) < 4.78 is 1.57. The van der Waals surface area contributed by atoms with E-state index in [1.54, 1.807) is 38.8 Å². The van der Waals surface area contributed by atoms with Crippen LogP contribution in [0.25, 0.3) is 0 Å². The summed E-state index contributed by atoms with van der Waals surface area (Å²) in [6.45, 7) is 3.44. The largest absolute Gasteiger partial charge is 0.409 e. The molecule has 0 bridgehead atoms. The second kappa shape index (κ2) is 4.86. The highest BCUT2D eigenvalue weighted by molar-refractivity contribution is 5.98. The van der Waals surface area contributed by atoms with Crippen molar-refractivity contribution in [2.45, 2.75) is 19.9 Å². The van der Waals surface area contributed by atoms with E-state index in [0.717, 1.165) is 0 Å². The Bertz CT molecular complexity index is 452. The highest BCUT2D eigenvalue weighted by Gasteiger charge is 2.23. The maximum Gasteiger partial charge on any atom is 0.257 e. The lowest BCUT2D eigenvalue weighted by Crippen LogP contribution is -2.43. The number of oxime groups is 1. The van der Waals surface area contributed by atoms with Gasteiger partial charge in [-0.05, 0) is 13.8 Å². The first-order valence-electron chi connectivity index (χ1n) is 5.13. The number of likely N-dealkylation sites (N-methyl/N-ethyl adjacent to an activating group) is 1. The minimum Gasteiger partial charge on any atom is -0.409 e. The molecule has 0 fully saturated rings. The Morgan fingerprint density at radius 1 is 1.71 bits per heavy atom. The average molecular weight is 239 g/mol. The highest BCUT2D eigenvalue weighted by Crippen LogP contribution is 2.10. The Morgan fingerprint density at radius 2 is 2.29 bits per heavy atom. The lowest BCUT2D eigenvalue weighted by Gasteiger charge is -2.23. The Hall–Kier alpha value is -2.05. The second-order valence-corrected chi connectivity index (χ2v) is 3.92. The van der Waals surface area contributed by atoms with Crippen molar-refractivity contribution in [1.82, 2.24) is 14.7 Å². The maximum absolute atomic E-state index is 12.1. The predicted molar refractivity (Wildman–Crippen MR) is 62.9 cm³/mol. The third-order valence-corrected chi connectivity index (χ3v) is 2.69. The number of rotatable bonds is 3. The van der Waals surface area contributed by atoms with Crippen molar-refractivity contribution in [1.29, 1.82) is 0 Å². The summed E-state index contributed by atoms with van der Waals surface area (Å²) in [7, 11) is 3.34. The number of amides is 1. The molecule has 0 radical (unpaired) electrons. The summed E-state index contributed by atoms with van der Waals surface area (Å²) in [6, 6.07) is -0.480. The van der Waals surface area contributed by atoms with Crippen LogP contribution in [0.15, 0.2) is 11.4 Å². The molecule has 94 valence electrons. The van der Waals surface area contributed by atoms with Crippen molar-refractivity contribution >= 4 is 11.7 Å². The number of carbonyl (C=O) groups is 1. The molecular weight excluding hydrogens is 222 g/mol. The number of aromatic nitrogens is 2. The third kappa shape index (κ3) is 2.55. The number of carbonyl (C=O) groups excluding carboxylic acids is 1. The molecule has 7 nitrogen and oxygen atoms in total. The lowest BCUT2D eigenvalue weighted by molar-refractivity contribution is 0.0775. The molecule has 1 atom stereocenters. The van der Waals surface area contributed by atoms with E-state index >= 15 is 0 Å². The molecule has 1 aromatic rings. The topological polar surface area (TPSA) is 96.7 Å². The zero-order chi connectivity index (χ0) is 13.2. The van der Waals surface area contributed by atoms with Gasteiger partial charge in [0.1, 0.15) is 0 Å². The van der Waals surface area contributed by atoms with Gasteiger partial charge in [-0.3, -0.25) is 9.48 Å². The van der Waals surface area contributed by atoms with E-state index in [2.05, 4.69) is 10.3 Å². The van der Waals surface area contributed by atoms with Crippen LogP contribution in [-0.4, -0.2) is 44.7 Å². The third-order valence-electron chi connectivity index (χ3n) is 2.69. The summed E-state index contributed by atoms with van der Waals surface area (Å²) in [5.74, 6) is -0.225. The molecule has 3 N–H and O–H groups in total. The number of amidine groups is 1. The van der Waals surface area contributed by atoms with Gasteiger partial charge in [0.2, 0.25) is 0 Å². The van der Waals surface area contributed by atoms with E-state index < -0.39 is 6.04 Å². The fourth-order valence-corrected chi connectivity index (χ4v) is 1.46. The van der Waals surface area contributed by atoms with Crippen molar-refractivity contribution in [3.8, 4) is 0 Å². The van der Waals surface area contributed by atoms with E-state index in [1.807, 2.05) is 0 Å². The fourth-order valence-electron chi connectivity index (χ4n) is 1.46. The van der Waals surface area contributed by atoms with Crippen LogP contribution in [0.3, 0.4) is 0 Å². The van der Waals surface area contributed by atoms with E-state index in [0.29, 0.717) is 11.3 Å². The van der Waals surface area contributed by atoms with Crippen LogP contribution < -0.4 is 5.73 Å². The molecule has 1 heterocycles. The van der Waals surface area contributed by atoms with Crippen molar-refractivity contribution in [3.63, 3.8) is 0 Å². The van der Waals surface area contributed by atoms with Gasteiger partial charge in [-0.25, -0.2) is 0 Å². The number of aryl methyl sites for hydroxylation is 2. The number of hydrogen-bond acceptors (Lipinski definition) is 4. The summed E-state index contributed by atoms with van der Waals surface area (Å²) in [4.78, 5) is 13.5. The summed E-state index contributed by atoms with van der Waals surface area (Å²) in [5.41, 5.74) is 6.62. The molecule has 1 aromatic heterocycles. The molecule has 17 heavy (non-hydrogen) atoms. The molecule has 0 aliphatic heterocycles. The first-order chi connectivity index (χ1) is 7.88. The van der Waals surface area contributed by atoms with Gasteiger partial charge < -0.3 is 15.8 Å². The van der Waals surface area contributed by atoms with Crippen LogP contribution in [0.2, 0.25) is 0 Å². The zero-order valence-electron chi connectivity index (χ0n) is 10.4. The molecular formula is C10H17N5O2. The molecule has 0 saturated heterocycles. The number of hydrogen-bond donors (Lipinski definition) is 2. The van der Waals surface area contributed by atoms with E-state index in [9.17, 15) is 4.79 Å². The molecule has 0 aliphatic carbocycles. The maximum atomic E-state index is 12.1. The van der Waals surface area contributed by atoms with E-state index in [4.69, 9.17) is 10.9 Å². The molecule has 1 rings (SSSR count). The lowest BCUT2D eigenvalue weighted by atomic mass is 10.2. The van der Waals surface area contributed by atoms with Crippen molar-refractivity contribution in [3.05, 3.63) is 17.5 Å². The molecule has 0 spiro atoms. The Labute approximate surface area is 99.5 Å². The number of nitrogens with two attached hydrogens (primary N) is 1. The summed E-state index contributed by atoms with van der Waals surface area (Å²) in [5, 5.41) is 15.6. The minimum absolute atomic E-state index is 0.0117. The van der Waals surface area contributed by atoms with E-state index in [1.165, 1.54) is 4.90 Å². The normalized spacial score (nSPS) is 13.5. The number of nitrogens with zero attached hydrogens (tertiary/aromatic N) is 4. The van der Waals surface area contributed by atoms with Crippen LogP contribution in [0, 0.1) is 6.92 Å². The Balaban J connectivity index is 2.94. The molecule has 0 saturated carbocycles. The van der Waals surface area contributed by atoms with Crippen molar-refractivity contribution < 1.29 is 10.0 Å². The molecule has 0 aromatic carbocycles. The molecule has 1 unspecified atom stereocenters. The van der Waals surface area contributed by atoms with Crippen LogP contribution >= 0.6 is 0 Å². The van der Waals surface area contributed by atoms with Crippen molar-refractivity contribution in [2.24, 2.45) is 17.9 Å². The standard InChI is InChI=1S/C10H17N5O2/c1-6-8(5-14(3)12-6)10(16)15(4)7(2)9(11)13-17/h5,7,17H,1-4H3,(H2,11,13). The smallest absolute Gasteiger partial charge is 0.257 e. The molecule has 1 amide bonds. The van der Waals surface area contributed by atoms with E-state index in [-0.39, 0.29) is 11.7 Å². The van der Waals surface area contributed by atoms with Gasteiger partial charge in [-0.1, -0.05) is 5.16 Å². The monoisotopic (exact) mass is 239 g/mol. The van der Waals surface area contributed by atoms with Crippen molar-refractivity contribution in [2.75, 3.05) is 7.05 Å². The van der Waals surface area contributed by atoms with Gasteiger partial charge in [0.05, 0.1) is 17.3 Å². The van der Waals surface area contributed by atoms with Gasteiger partial charge in [0.15, 0.2) is 5.84 Å². The van der Waals surface area contributed by atoms with Crippen LogP contribution in [-0.2, 0) is 7.05 Å². The Morgan fingerprint density at radius 3 is 2.71 bits per heavy atom. The van der Waals surface area contributed by atoms with Gasteiger partial charge in [-0.15, -0.1) is 0 Å². The van der Waals surface area contributed by atoms with Crippen LogP contribution in [0.5, 0.6) is 0 Å². The summed E-state index contributed by atoms with van der Waals surface area (Å²) in [6.07, 6.45) is 1.65. The quantitative estimate of drug-likeness (QED) is 0.334. The zero-order valence-corrected chi connectivity index (χ0v) is 10.4. The minimum atomic E-state index is -0.480. The molecule has 7 heteroatoms. The summed E-state index contributed by atoms with van der Waals surface area (Å²) >= 11 is 0. The first kappa shape index (κ1) is 13.0. The second-order valence-electron chi connectivity index (χ2n) is 3.92. The molecule has 0 aliphatic rings. The predicted octanol–water partition coefficient (Wildman–Crippen LogP) is -0.0646. The van der Waals surface area contributed by atoms with Crippen LogP contribution in [0.4, 0.5) is 0 Å².